The van der Waals surface area contributed by atoms with E-state index in [-0.39, 0.29) is 11.8 Å². The van der Waals surface area contributed by atoms with Crippen molar-refractivity contribution in [1.82, 2.24) is 0 Å². The molecule has 3 rings (SSSR count). The molecule has 0 fully saturated rings. The topological polar surface area (TPSA) is 35.2 Å². The first-order valence-electron chi connectivity index (χ1n) is 6.85. The van der Waals surface area contributed by atoms with Crippen LogP contribution in [-0.2, 0) is 0 Å². The highest BCUT2D eigenvalue weighted by Gasteiger charge is 2.08. The van der Waals surface area contributed by atoms with Crippen LogP contribution < -0.4 is 10.5 Å². The summed E-state index contributed by atoms with van der Waals surface area (Å²) < 4.78 is 19.7. The van der Waals surface area contributed by atoms with Crippen LogP contribution in [0.15, 0.2) is 60.7 Å². The predicted octanol–water partition coefficient (Wildman–Crippen LogP) is 4.79. The second kappa shape index (κ2) is 5.54. The van der Waals surface area contributed by atoms with Crippen molar-refractivity contribution in [2.75, 3.05) is 0 Å². The minimum absolute atomic E-state index is 0.200. The zero-order chi connectivity index (χ0) is 14.8. The first-order chi connectivity index (χ1) is 10.1. The molecule has 0 amide bonds. The lowest BCUT2D eigenvalue weighted by molar-refractivity contribution is 0.442. The van der Waals surface area contributed by atoms with E-state index in [0.717, 1.165) is 16.3 Å². The van der Waals surface area contributed by atoms with Gasteiger partial charge in [-0.05, 0) is 47.5 Å². The highest BCUT2D eigenvalue weighted by molar-refractivity contribution is 5.83. The fourth-order valence-corrected chi connectivity index (χ4v) is 2.24. The summed E-state index contributed by atoms with van der Waals surface area (Å²) >= 11 is 0. The normalized spacial score (nSPS) is 12.3. The fraction of sp³-hybridized carbons (Fsp3) is 0.111. The van der Waals surface area contributed by atoms with Gasteiger partial charge < -0.3 is 10.5 Å². The quantitative estimate of drug-likeness (QED) is 0.749. The molecule has 106 valence electrons. The Balaban J connectivity index is 1.91. The number of rotatable bonds is 3. The molecule has 0 aliphatic carbocycles. The summed E-state index contributed by atoms with van der Waals surface area (Å²) in [6.07, 6.45) is 0. The van der Waals surface area contributed by atoms with Crippen LogP contribution in [0.3, 0.4) is 0 Å². The number of ether oxygens (including phenoxy) is 1. The molecule has 0 aliphatic heterocycles. The van der Waals surface area contributed by atoms with Crippen LogP contribution in [-0.4, -0.2) is 0 Å². The van der Waals surface area contributed by atoms with Gasteiger partial charge in [0.2, 0.25) is 0 Å². The number of hydrogen-bond acceptors (Lipinski definition) is 2. The van der Waals surface area contributed by atoms with Crippen molar-refractivity contribution in [3.05, 3.63) is 72.0 Å². The predicted molar refractivity (Wildman–Crippen MR) is 83.0 cm³/mol. The summed E-state index contributed by atoms with van der Waals surface area (Å²) in [5, 5.41) is 2.18. The number of hydrogen-bond donors (Lipinski definition) is 1. The number of fused-ring (bicyclic) bond motifs is 1. The van der Waals surface area contributed by atoms with E-state index in [2.05, 4.69) is 0 Å². The van der Waals surface area contributed by atoms with Crippen molar-refractivity contribution in [2.45, 2.75) is 13.0 Å². The van der Waals surface area contributed by atoms with Crippen molar-refractivity contribution < 1.29 is 9.13 Å². The Morgan fingerprint density at radius 3 is 2.43 bits per heavy atom. The molecule has 2 N–H and O–H groups in total. The lowest BCUT2D eigenvalue weighted by Gasteiger charge is -2.10. The number of halogens is 1. The fourth-order valence-electron chi connectivity index (χ4n) is 2.24. The van der Waals surface area contributed by atoms with Gasteiger partial charge in [0.05, 0.1) is 0 Å². The lowest BCUT2D eigenvalue weighted by Crippen LogP contribution is -2.05. The Morgan fingerprint density at radius 2 is 1.71 bits per heavy atom. The Bertz CT molecular complexity index is 783. The van der Waals surface area contributed by atoms with Crippen molar-refractivity contribution >= 4 is 10.8 Å². The molecule has 0 aliphatic rings. The Morgan fingerprint density at radius 1 is 0.952 bits per heavy atom. The molecule has 3 aromatic rings. The van der Waals surface area contributed by atoms with E-state index in [0.29, 0.717) is 5.75 Å². The van der Waals surface area contributed by atoms with Crippen LogP contribution in [0.5, 0.6) is 11.5 Å². The third-order valence-electron chi connectivity index (χ3n) is 3.43. The molecule has 0 saturated heterocycles. The van der Waals surface area contributed by atoms with Crippen molar-refractivity contribution in [1.29, 1.82) is 0 Å². The molecule has 3 aromatic carbocycles. The molecular weight excluding hydrogens is 265 g/mol. The van der Waals surface area contributed by atoms with Gasteiger partial charge in [0.1, 0.15) is 5.75 Å². The Hall–Kier alpha value is -2.39. The first kappa shape index (κ1) is 13.6. The van der Waals surface area contributed by atoms with E-state index < -0.39 is 5.82 Å². The van der Waals surface area contributed by atoms with Gasteiger partial charge in [0.25, 0.3) is 0 Å². The zero-order valence-electron chi connectivity index (χ0n) is 11.7. The van der Waals surface area contributed by atoms with Crippen molar-refractivity contribution in [3.8, 4) is 11.5 Å². The van der Waals surface area contributed by atoms with Gasteiger partial charge >= 0.3 is 0 Å². The average molecular weight is 281 g/mol. The van der Waals surface area contributed by atoms with Gasteiger partial charge in [-0.15, -0.1) is 0 Å². The summed E-state index contributed by atoms with van der Waals surface area (Å²) in [5.74, 6) is 0.411. The van der Waals surface area contributed by atoms with Crippen LogP contribution in [0, 0.1) is 5.82 Å². The molecule has 0 radical (unpaired) electrons. The van der Waals surface area contributed by atoms with E-state index in [1.807, 2.05) is 49.4 Å². The van der Waals surface area contributed by atoms with Gasteiger partial charge in [0, 0.05) is 6.04 Å². The zero-order valence-corrected chi connectivity index (χ0v) is 11.7. The minimum Gasteiger partial charge on any atom is -0.454 e. The monoisotopic (exact) mass is 281 g/mol. The van der Waals surface area contributed by atoms with E-state index in [4.69, 9.17) is 10.5 Å². The number of benzene rings is 3. The molecule has 0 unspecified atom stereocenters. The molecule has 1 atom stereocenters. The smallest absolute Gasteiger partial charge is 0.166 e. The molecular formula is C18H16FNO. The average Bonchev–Trinajstić information content (AvgIpc) is 2.49. The lowest BCUT2D eigenvalue weighted by atomic mass is 10.1. The molecule has 3 heteroatoms. The molecule has 21 heavy (non-hydrogen) atoms. The summed E-state index contributed by atoms with van der Waals surface area (Å²) in [6, 6.07) is 18.3. The summed E-state index contributed by atoms with van der Waals surface area (Å²) in [4.78, 5) is 0. The van der Waals surface area contributed by atoms with E-state index in [1.54, 1.807) is 12.1 Å². The van der Waals surface area contributed by atoms with Crippen LogP contribution in [0.25, 0.3) is 10.8 Å². The molecule has 2 nitrogen and oxygen atoms in total. The summed E-state index contributed by atoms with van der Waals surface area (Å²) in [6.45, 7) is 1.82. The van der Waals surface area contributed by atoms with Crippen LogP contribution in [0.1, 0.15) is 18.5 Å². The van der Waals surface area contributed by atoms with Gasteiger partial charge in [-0.3, -0.25) is 0 Å². The molecule has 0 bridgehead atoms. The third-order valence-corrected chi connectivity index (χ3v) is 3.43. The van der Waals surface area contributed by atoms with Crippen LogP contribution >= 0.6 is 0 Å². The molecule has 0 spiro atoms. The largest absolute Gasteiger partial charge is 0.454 e. The summed E-state index contributed by atoms with van der Waals surface area (Å²) in [7, 11) is 0. The second-order valence-electron chi connectivity index (χ2n) is 5.09. The summed E-state index contributed by atoms with van der Waals surface area (Å²) in [5.41, 5.74) is 6.49. The first-order valence-corrected chi connectivity index (χ1v) is 6.85. The van der Waals surface area contributed by atoms with Crippen LogP contribution in [0.4, 0.5) is 4.39 Å². The number of nitrogens with two attached hydrogens (primary N) is 1. The van der Waals surface area contributed by atoms with Crippen molar-refractivity contribution in [2.24, 2.45) is 5.73 Å². The maximum Gasteiger partial charge on any atom is 0.166 e. The Kier molecular flexibility index (Phi) is 3.59. The van der Waals surface area contributed by atoms with E-state index >= 15 is 0 Å². The highest BCUT2D eigenvalue weighted by atomic mass is 19.1. The maximum absolute atomic E-state index is 14.0. The minimum atomic E-state index is -0.405. The van der Waals surface area contributed by atoms with Gasteiger partial charge in [-0.2, -0.15) is 0 Å². The third kappa shape index (κ3) is 2.88. The SMILES string of the molecule is C[C@@H](N)c1ccc(Oc2ccc3ccccc3c2)c(F)c1. The van der Waals surface area contributed by atoms with Gasteiger partial charge in [-0.1, -0.05) is 36.4 Å². The van der Waals surface area contributed by atoms with Crippen LogP contribution in [0.2, 0.25) is 0 Å². The highest BCUT2D eigenvalue weighted by Crippen LogP contribution is 2.28. The molecule has 0 aromatic heterocycles. The standard InChI is InChI=1S/C18H16FNO/c1-12(20)14-7-9-18(17(19)11-14)21-16-8-6-13-4-2-3-5-15(13)10-16/h2-12H,20H2,1H3/t12-/m1/s1. The van der Waals surface area contributed by atoms with E-state index in [1.165, 1.54) is 6.07 Å². The maximum atomic E-state index is 14.0. The second-order valence-corrected chi connectivity index (χ2v) is 5.09. The Labute approximate surface area is 123 Å². The van der Waals surface area contributed by atoms with Gasteiger partial charge in [-0.25, -0.2) is 4.39 Å². The van der Waals surface area contributed by atoms with E-state index in [9.17, 15) is 4.39 Å². The molecule has 0 saturated carbocycles. The van der Waals surface area contributed by atoms with Gasteiger partial charge in [0.15, 0.2) is 11.6 Å². The molecule has 0 heterocycles. The van der Waals surface area contributed by atoms with Crippen molar-refractivity contribution in [3.63, 3.8) is 0 Å².